The van der Waals surface area contributed by atoms with Crippen LogP contribution in [0.2, 0.25) is 0 Å². The average Bonchev–Trinajstić information content (AvgIpc) is 2.75. The van der Waals surface area contributed by atoms with Crippen molar-refractivity contribution in [1.29, 1.82) is 0 Å². The molecule has 0 aliphatic carbocycles. The van der Waals surface area contributed by atoms with Gasteiger partial charge in [-0.2, -0.15) is 5.10 Å². The maximum absolute atomic E-state index is 12.1. The van der Waals surface area contributed by atoms with Gasteiger partial charge in [0.25, 0.3) is 0 Å². The van der Waals surface area contributed by atoms with Crippen molar-refractivity contribution in [1.82, 2.24) is 5.43 Å². The van der Waals surface area contributed by atoms with Crippen molar-refractivity contribution in [2.75, 3.05) is 11.9 Å². The number of ether oxygens (including phenoxy) is 1. The molecule has 0 spiro atoms. The highest BCUT2D eigenvalue weighted by Crippen LogP contribution is 2.26. The smallest absolute Gasteiger partial charge is 0.240 e. The van der Waals surface area contributed by atoms with Gasteiger partial charge in [0.05, 0.1) is 12.8 Å². The first-order valence-electron chi connectivity index (χ1n) is 9.90. The van der Waals surface area contributed by atoms with Crippen LogP contribution in [0.15, 0.2) is 65.8 Å². The fraction of sp³-hybridized carbons (Fsp3) is 0.208. The molecule has 3 aromatic rings. The molecule has 6 nitrogen and oxygen atoms in total. The number of nitrogens with zero attached hydrogens (tertiary/aromatic N) is 1. The first-order valence-corrected chi connectivity index (χ1v) is 9.90. The van der Waals surface area contributed by atoms with Crippen molar-refractivity contribution in [3.63, 3.8) is 0 Å². The van der Waals surface area contributed by atoms with Gasteiger partial charge in [-0.05, 0) is 42.8 Å². The van der Waals surface area contributed by atoms with E-state index in [4.69, 9.17) is 4.74 Å². The van der Waals surface area contributed by atoms with E-state index in [2.05, 4.69) is 15.8 Å². The van der Waals surface area contributed by atoms with E-state index in [-0.39, 0.29) is 24.7 Å². The molecular weight excluding hydrogens is 378 g/mol. The molecule has 3 rings (SSSR count). The number of benzene rings is 3. The summed E-state index contributed by atoms with van der Waals surface area (Å²) in [5.74, 6) is 0.154. The Bertz CT molecular complexity index is 1060. The number of carbonyl (C=O) groups is 2. The van der Waals surface area contributed by atoms with Crippen LogP contribution in [0.1, 0.15) is 30.9 Å². The number of rotatable bonds is 8. The van der Waals surface area contributed by atoms with Crippen LogP contribution in [-0.2, 0) is 9.59 Å². The zero-order valence-corrected chi connectivity index (χ0v) is 17.1. The van der Waals surface area contributed by atoms with E-state index in [1.165, 1.54) is 0 Å². The summed E-state index contributed by atoms with van der Waals surface area (Å²) in [6.07, 6.45) is 1.70. The minimum atomic E-state index is -0.330. The lowest BCUT2D eigenvalue weighted by atomic mass is 10.0. The van der Waals surface area contributed by atoms with Crippen LogP contribution in [0.3, 0.4) is 0 Å². The van der Waals surface area contributed by atoms with E-state index in [0.29, 0.717) is 18.0 Å². The van der Waals surface area contributed by atoms with E-state index in [1.807, 2.05) is 74.5 Å². The highest BCUT2D eigenvalue weighted by atomic mass is 16.5. The minimum absolute atomic E-state index is 0.0445. The van der Waals surface area contributed by atoms with Crippen molar-refractivity contribution < 1.29 is 14.3 Å². The molecule has 0 unspecified atom stereocenters. The standard InChI is InChI=1S/C24H25N3O3/c1-3-30-22-13-10-18-6-4-5-7-20(18)21(22)16-25-27-24(29)15-14-23(28)26-19-11-8-17(2)9-12-19/h4-13,16H,3,14-15H2,1-2H3,(H,26,28)(H,27,29). The summed E-state index contributed by atoms with van der Waals surface area (Å²) in [6, 6.07) is 19.3. The molecule has 2 N–H and O–H groups in total. The van der Waals surface area contributed by atoms with Crippen LogP contribution >= 0.6 is 0 Å². The Kier molecular flexibility index (Phi) is 7.16. The molecule has 0 bridgehead atoms. The van der Waals surface area contributed by atoms with Crippen LogP contribution in [0, 0.1) is 6.92 Å². The summed E-state index contributed by atoms with van der Waals surface area (Å²) in [4.78, 5) is 24.1. The van der Waals surface area contributed by atoms with Gasteiger partial charge in [0.15, 0.2) is 0 Å². The van der Waals surface area contributed by atoms with Gasteiger partial charge in [0, 0.05) is 24.1 Å². The van der Waals surface area contributed by atoms with Crippen molar-refractivity contribution in [2.24, 2.45) is 5.10 Å². The molecule has 0 heterocycles. The normalized spacial score (nSPS) is 10.9. The van der Waals surface area contributed by atoms with E-state index >= 15 is 0 Å². The first-order chi connectivity index (χ1) is 14.6. The molecule has 154 valence electrons. The van der Waals surface area contributed by atoms with Gasteiger partial charge >= 0.3 is 0 Å². The van der Waals surface area contributed by atoms with E-state index in [1.54, 1.807) is 6.21 Å². The predicted molar refractivity (Wildman–Crippen MR) is 120 cm³/mol. The number of carbonyl (C=O) groups excluding carboxylic acids is 2. The molecule has 0 atom stereocenters. The SMILES string of the molecule is CCOc1ccc2ccccc2c1C=NNC(=O)CCC(=O)Nc1ccc(C)cc1. The summed E-state index contributed by atoms with van der Waals surface area (Å²) >= 11 is 0. The second-order valence-electron chi connectivity index (χ2n) is 6.84. The van der Waals surface area contributed by atoms with Crippen LogP contribution < -0.4 is 15.5 Å². The molecule has 2 amide bonds. The van der Waals surface area contributed by atoms with E-state index < -0.39 is 0 Å². The molecular formula is C24H25N3O3. The summed E-state index contributed by atoms with van der Waals surface area (Å²) in [6.45, 7) is 4.42. The number of fused-ring (bicyclic) bond motifs is 1. The Labute approximate surface area is 175 Å². The summed E-state index contributed by atoms with van der Waals surface area (Å²) < 4.78 is 5.69. The third kappa shape index (κ3) is 5.67. The predicted octanol–water partition coefficient (Wildman–Crippen LogP) is 4.42. The lowest BCUT2D eigenvalue weighted by Gasteiger charge is -2.10. The fourth-order valence-corrected chi connectivity index (χ4v) is 3.00. The second kappa shape index (κ2) is 10.2. The van der Waals surface area contributed by atoms with E-state index in [9.17, 15) is 9.59 Å². The number of anilines is 1. The van der Waals surface area contributed by atoms with Gasteiger partial charge in [-0.1, -0.05) is 48.0 Å². The van der Waals surface area contributed by atoms with Gasteiger partial charge < -0.3 is 10.1 Å². The Balaban J connectivity index is 1.57. The fourth-order valence-electron chi connectivity index (χ4n) is 3.00. The third-order valence-corrected chi connectivity index (χ3v) is 4.53. The Hall–Kier alpha value is -3.67. The Morgan fingerprint density at radius 3 is 2.47 bits per heavy atom. The average molecular weight is 403 g/mol. The Morgan fingerprint density at radius 2 is 1.70 bits per heavy atom. The summed E-state index contributed by atoms with van der Waals surface area (Å²) in [5.41, 5.74) is 5.11. The highest BCUT2D eigenvalue weighted by molar-refractivity contribution is 6.02. The molecule has 0 aliphatic rings. The van der Waals surface area contributed by atoms with Gasteiger partial charge in [0.2, 0.25) is 11.8 Å². The topological polar surface area (TPSA) is 79.8 Å². The number of hydrazone groups is 1. The van der Waals surface area contributed by atoms with Gasteiger partial charge in [-0.25, -0.2) is 5.43 Å². The maximum Gasteiger partial charge on any atom is 0.240 e. The molecule has 6 heteroatoms. The molecule has 0 saturated carbocycles. The summed E-state index contributed by atoms with van der Waals surface area (Å²) in [5, 5.41) is 8.89. The van der Waals surface area contributed by atoms with Crippen molar-refractivity contribution in [2.45, 2.75) is 26.7 Å². The Morgan fingerprint density at radius 1 is 0.967 bits per heavy atom. The van der Waals surface area contributed by atoms with Crippen molar-refractivity contribution >= 4 is 34.5 Å². The zero-order chi connectivity index (χ0) is 21.3. The molecule has 3 aromatic carbocycles. The molecule has 30 heavy (non-hydrogen) atoms. The number of hydrogen-bond acceptors (Lipinski definition) is 4. The molecule has 0 aliphatic heterocycles. The molecule has 0 radical (unpaired) electrons. The second-order valence-corrected chi connectivity index (χ2v) is 6.84. The van der Waals surface area contributed by atoms with E-state index in [0.717, 1.165) is 21.9 Å². The number of hydrogen-bond donors (Lipinski definition) is 2. The quantitative estimate of drug-likeness (QED) is 0.432. The zero-order valence-electron chi connectivity index (χ0n) is 17.1. The molecule has 0 aromatic heterocycles. The van der Waals surface area contributed by atoms with Crippen LogP contribution in [-0.4, -0.2) is 24.6 Å². The number of nitrogens with one attached hydrogen (secondary N) is 2. The largest absolute Gasteiger partial charge is 0.493 e. The molecule has 0 saturated heterocycles. The van der Waals surface area contributed by atoms with Gasteiger partial charge in [0.1, 0.15) is 5.75 Å². The van der Waals surface area contributed by atoms with Crippen LogP contribution in [0.4, 0.5) is 5.69 Å². The minimum Gasteiger partial charge on any atom is -0.493 e. The third-order valence-electron chi connectivity index (χ3n) is 4.53. The number of aryl methyl sites for hydroxylation is 1. The number of amides is 2. The van der Waals surface area contributed by atoms with Crippen LogP contribution in [0.5, 0.6) is 5.75 Å². The van der Waals surface area contributed by atoms with Crippen molar-refractivity contribution in [3.05, 3.63) is 71.8 Å². The van der Waals surface area contributed by atoms with Gasteiger partial charge in [-0.15, -0.1) is 0 Å². The summed E-state index contributed by atoms with van der Waals surface area (Å²) in [7, 11) is 0. The molecule has 0 fully saturated rings. The van der Waals surface area contributed by atoms with Crippen LogP contribution in [0.25, 0.3) is 10.8 Å². The lowest BCUT2D eigenvalue weighted by molar-refractivity contribution is -0.124. The maximum atomic E-state index is 12.1. The van der Waals surface area contributed by atoms with Crippen molar-refractivity contribution in [3.8, 4) is 5.75 Å². The highest BCUT2D eigenvalue weighted by Gasteiger charge is 2.09. The monoisotopic (exact) mass is 403 g/mol. The van der Waals surface area contributed by atoms with Gasteiger partial charge in [-0.3, -0.25) is 9.59 Å². The first kappa shape index (κ1) is 21.0. The lowest BCUT2D eigenvalue weighted by Crippen LogP contribution is -2.20.